The van der Waals surface area contributed by atoms with Crippen LogP contribution in [0.5, 0.6) is 0 Å². The first-order valence-corrected chi connectivity index (χ1v) is 13.4. The van der Waals surface area contributed by atoms with Gasteiger partial charge in [-0.15, -0.1) is 11.3 Å². The number of imidazole rings is 1. The van der Waals surface area contributed by atoms with E-state index < -0.39 is 11.7 Å². The number of carbonyl (C=O) groups excluding carboxylic acids is 2. The highest BCUT2D eigenvalue weighted by Crippen LogP contribution is 2.40. The van der Waals surface area contributed by atoms with Gasteiger partial charge in [0.1, 0.15) is 0 Å². The molecule has 0 aliphatic carbocycles. The summed E-state index contributed by atoms with van der Waals surface area (Å²) in [7, 11) is 3.85. The van der Waals surface area contributed by atoms with Crippen LogP contribution < -0.4 is 10.6 Å². The minimum absolute atomic E-state index is 0.0328. The molecule has 206 valence electrons. The summed E-state index contributed by atoms with van der Waals surface area (Å²) >= 11 is 1.24. The number of amides is 2. The first-order chi connectivity index (χ1) is 18.5. The molecule has 2 amide bonds. The van der Waals surface area contributed by atoms with E-state index in [1.165, 1.54) is 17.4 Å². The number of benzene rings is 2. The van der Waals surface area contributed by atoms with E-state index in [1.54, 1.807) is 18.2 Å². The van der Waals surface area contributed by atoms with E-state index in [2.05, 4.69) is 20.5 Å². The standard InChI is InChI=1S/C27H29F3N6O2S/c1-16-19-6-5-18(27(28,29)30)15-22(19)39-25(16)33-26-32-20-14-17(4-7-21(20)35(26)3)24(38)31-9-8-23(37)36-12-10-34(2)11-13-36/h4-7,14-15H,8-13H2,1-3H3,(H,31,38)(H,32,33). The minimum atomic E-state index is -4.40. The zero-order valence-corrected chi connectivity index (χ0v) is 22.7. The Morgan fingerprint density at radius 2 is 1.79 bits per heavy atom. The predicted molar refractivity (Wildman–Crippen MR) is 147 cm³/mol. The van der Waals surface area contributed by atoms with Crippen molar-refractivity contribution in [2.75, 3.05) is 45.1 Å². The predicted octanol–water partition coefficient (Wildman–Crippen LogP) is 4.75. The van der Waals surface area contributed by atoms with E-state index in [1.807, 2.05) is 30.5 Å². The van der Waals surface area contributed by atoms with Gasteiger partial charge in [0, 0.05) is 56.5 Å². The fraction of sp³-hybridized carbons (Fsp3) is 0.370. The Bertz CT molecular complexity index is 1550. The number of alkyl halides is 3. The fourth-order valence-electron chi connectivity index (χ4n) is 4.67. The van der Waals surface area contributed by atoms with Crippen LogP contribution in [0.25, 0.3) is 21.1 Å². The van der Waals surface area contributed by atoms with Crippen LogP contribution in [-0.4, -0.2) is 70.9 Å². The number of aromatic nitrogens is 2. The molecule has 0 radical (unpaired) electrons. The molecule has 0 saturated carbocycles. The molecule has 8 nitrogen and oxygen atoms in total. The molecule has 12 heteroatoms. The number of anilines is 2. The molecule has 0 bridgehead atoms. The third-order valence-corrected chi connectivity index (χ3v) is 8.28. The molecule has 2 aromatic carbocycles. The number of thiophene rings is 1. The molecule has 0 unspecified atom stereocenters. The van der Waals surface area contributed by atoms with Crippen molar-refractivity contribution in [1.29, 1.82) is 0 Å². The molecule has 4 aromatic rings. The zero-order valence-electron chi connectivity index (χ0n) is 21.9. The van der Waals surface area contributed by atoms with E-state index in [0.29, 0.717) is 39.8 Å². The van der Waals surface area contributed by atoms with E-state index in [9.17, 15) is 22.8 Å². The molecule has 1 aliphatic rings. The maximum absolute atomic E-state index is 13.2. The van der Waals surface area contributed by atoms with Crippen molar-refractivity contribution in [2.24, 2.45) is 7.05 Å². The van der Waals surface area contributed by atoms with E-state index >= 15 is 0 Å². The number of likely N-dealkylation sites (N-methyl/N-ethyl adjacent to an activating group) is 1. The molecule has 2 aromatic heterocycles. The number of nitrogens with one attached hydrogen (secondary N) is 2. The largest absolute Gasteiger partial charge is 0.416 e. The Morgan fingerprint density at radius 3 is 2.51 bits per heavy atom. The lowest BCUT2D eigenvalue weighted by Gasteiger charge is -2.32. The van der Waals surface area contributed by atoms with Crippen LogP contribution in [0.2, 0.25) is 0 Å². The lowest BCUT2D eigenvalue weighted by molar-refractivity contribution is -0.137. The van der Waals surface area contributed by atoms with Crippen molar-refractivity contribution in [3.63, 3.8) is 0 Å². The van der Waals surface area contributed by atoms with Gasteiger partial charge in [-0.05, 0) is 55.3 Å². The summed E-state index contributed by atoms with van der Waals surface area (Å²) in [6, 6.07) is 8.94. The molecule has 3 heterocycles. The number of hydrogen-bond donors (Lipinski definition) is 2. The summed E-state index contributed by atoms with van der Waals surface area (Å²) in [5.41, 5.74) is 1.97. The number of fused-ring (bicyclic) bond motifs is 2. The van der Waals surface area contributed by atoms with Crippen molar-refractivity contribution in [3.05, 3.63) is 53.1 Å². The van der Waals surface area contributed by atoms with Crippen molar-refractivity contribution in [3.8, 4) is 0 Å². The van der Waals surface area contributed by atoms with Gasteiger partial charge in [-0.2, -0.15) is 13.2 Å². The average molecular weight is 559 g/mol. The summed E-state index contributed by atoms with van der Waals surface area (Å²) in [5.74, 6) is 0.251. The van der Waals surface area contributed by atoms with Gasteiger partial charge in [0.05, 0.1) is 21.6 Å². The molecular weight excluding hydrogens is 529 g/mol. The summed E-state index contributed by atoms with van der Waals surface area (Å²) < 4.78 is 41.8. The Kier molecular flexibility index (Phi) is 7.25. The molecule has 1 fully saturated rings. The number of hydrogen-bond acceptors (Lipinski definition) is 6. The van der Waals surface area contributed by atoms with Gasteiger partial charge < -0.3 is 25.0 Å². The van der Waals surface area contributed by atoms with Gasteiger partial charge in [-0.1, -0.05) is 6.07 Å². The molecule has 39 heavy (non-hydrogen) atoms. The summed E-state index contributed by atoms with van der Waals surface area (Å²) in [6.45, 7) is 5.20. The van der Waals surface area contributed by atoms with Gasteiger partial charge >= 0.3 is 6.18 Å². The van der Waals surface area contributed by atoms with Crippen LogP contribution in [0.4, 0.5) is 24.1 Å². The van der Waals surface area contributed by atoms with Gasteiger partial charge in [-0.3, -0.25) is 9.59 Å². The maximum atomic E-state index is 13.2. The molecular formula is C27H29F3N6O2S. The number of nitrogens with zero attached hydrogens (tertiary/aromatic N) is 4. The number of aryl methyl sites for hydroxylation is 2. The van der Waals surface area contributed by atoms with Crippen LogP contribution in [-0.2, 0) is 18.0 Å². The van der Waals surface area contributed by atoms with Crippen molar-refractivity contribution in [1.82, 2.24) is 24.7 Å². The van der Waals surface area contributed by atoms with Crippen molar-refractivity contribution < 1.29 is 22.8 Å². The Labute approximate surface area is 227 Å². The van der Waals surface area contributed by atoms with E-state index in [0.717, 1.165) is 41.7 Å². The van der Waals surface area contributed by atoms with Crippen LogP contribution in [0.1, 0.15) is 27.9 Å². The second-order valence-electron chi connectivity index (χ2n) is 9.78. The number of piperazine rings is 1. The summed E-state index contributed by atoms with van der Waals surface area (Å²) in [6.07, 6.45) is -4.16. The first-order valence-electron chi connectivity index (χ1n) is 12.6. The summed E-state index contributed by atoms with van der Waals surface area (Å²) in [5, 5.41) is 7.52. The summed E-state index contributed by atoms with van der Waals surface area (Å²) in [4.78, 5) is 33.8. The highest BCUT2D eigenvalue weighted by atomic mass is 32.1. The van der Waals surface area contributed by atoms with Crippen LogP contribution >= 0.6 is 11.3 Å². The fourth-order valence-corrected chi connectivity index (χ4v) is 5.82. The monoisotopic (exact) mass is 558 g/mol. The number of carbonyl (C=O) groups is 2. The topological polar surface area (TPSA) is 82.5 Å². The van der Waals surface area contributed by atoms with Gasteiger partial charge in [0.15, 0.2) is 0 Å². The number of halogens is 3. The smallest absolute Gasteiger partial charge is 0.352 e. The quantitative estimate of drug-likeness (QED) is 0.357. The van der Waals surface area contributed by atoms with Crippen molar-refractivity contribution >= 4 is 55.2 Å². The molecule has 0 spiro atoms. The molecule has 1 saturated heterocycles. The van der Waals surface area contributed by atoms with Crippen LogP contribution in [0.3, 0.4) is 0 Å². The Hall–Kier alpha value is -3.64. The first kappa shape index (κ1) is 26.9. The van der Waals surface area contributed by atoms with Crippen molar-refractivity contribution in [2.45, 2.75) is 19.5 Å². The lowest BCUT2D eigenvalue weighted by Crippen LogP contribution is -2.47. The van der Waals surface area contributed by atoms with Gasteiger partial charge in [0.2, 0.25) is 11.9 Å². The highest BCUT2D eigenvalue weighted by molar-refractivity contribution is 7.23. The Morgan fingerprint density at radius 1 is 1.05 bits per heavy atom. The van der Waals surface area contributed by atoms with Crippen LogP contribution in [0, 0.1) is 6.92 Å². The number of rotatable bonds is 6. The second kappa shape index (κ2) is 10.5. The van der Waals surface area contributed by atoms with Crippen LogP contribution in [0.15, 0.2) is 36.4 Å². The van der Waals surface area contributed by atoms with Gasteiger partial charge in [0.25, 0.3) is 5.91 Å². The minimum Gasteiger partial charge on any atom is -0.352 e. The SMILES string of the molecule is Cc1c(Nc2nc3cc(C(=O)NCCC(=O)N4CCN(C)CC4)ccc3n2C)sc2cc(C(F)(F)F)ccc12. The molecule has 5 rings (SSSR count). The average Bonchev–Trinajstić information content (AvgIpc) is 3.38. The molecule has 0 atom stereocenters. The van der Waals surface area contributed by atoms with E-state index in [-0.39, 0.29) is 24.8 Å². The molecule has 2 N–H and O–H groups in total. The zero-order chi connectivity index (χ0) is 27.9. The Balaban J connectivity index is 1.27. The maximum Gasteiger partial charge on any atom is 0.416 e. The second-order valence-corrected chi connectivity index (χ2v) is 10.8. The normalized spacial score (nSPS) is 14.8. The third kappa shape index (κ3) is 5.57. The molecule has 1 aliphatic heterocycles. The lowest BCUT2D eigenvalue weighted by atomic mass is 10.1. The highest BCUT2D eigenvalue weighted by Gasteiger charge is 2.31. The third-order valence-electron chi connectivity index (χ3n) is 7.11. The van der Waals surface area contributed by atoms with E-state index in [4.69, 9.17) is 0 Å². The van der Waals surface area contributed by atoms with Gasteiger partial charge in [-0.25, -0.2) is 4.98 Å².